The average Bonchev–Trinajstić information content (AvgIpc) is 3.43. The Balaban J connectivity index is 1.38. The lowest BCUT2D eigenvalue weighted by molar-refractivity contribution is 0.0947. The summed E-state index contributed by atoms with van der Waals surface area (Å²) in [4.78, 5) is 30.1. The van der Waals surface area contributed by atoms with Gasteiger partial charge in [0.05, 0.1) is 18.8 Å². The van der Waals surface area contributed by atoms with Gasteiger partial charge >= 0.3 is 0 Å². The van der Waals surface area contributed by atoms with Crippen LogP contribution in [0.2, 0.25) is 0 Å². The minimum atomic E-state index is -0.431. The van der Waals surface area contributed by atoms with Crippen LogP contribution in [0.3, 0.4) is 0 Å². The molecule has 0 atom stereocenters. The van der Waals surface area contributed by atoms with Gasteiger partial charge in [-0.3, -0.25) is 9.59 Å². The number of fused-ring (bicyclic) bond motifs is 2. The number of hydrogen-bond donors (Lipinski definition) is 1. The Hall–Kier alpha value is -4.14. The summed E-state index contributed by atoms with van der Waals surface area (Å²) in [6.45, 7) is 2.47. The highest BCUT2D eigenvalue weighted by molar-refractivity contribution is 5.95. The molecule has 4 aromatic rings. The maximum atomic E-state index is 13.1. The second-order valence-electron chi connectivity index (χ2n) is 7.22. The molecule has 9 heteroatoms. The molecule has 0 spiro atoms. The standard InChI is InChI=1S/C22H19N5O4/c1-14-7-8-26(11-15-5-6-17-18(9-15)31-13-30-17)22(29)20(14)21(28)23-10-16-3-2-4-19-24-12-25-27(16)19/h2-9,12H,10-11,13H2,1H3,(H,23,28). The summed E-state index contributed by atoms with van der Waals surface area (Å²) in [6, 6.07) is 12.8. The highest BCUT2D eigenvalue weighted by Gasteiger charge is 2.18. The predicted octanol–water partition coefficient (Wildman–Crippen LogP) is 1.91. The van der Waals surface area contributed by atoms with Crippen molar-refractivity contribution in [2.45, 2.75) is 20.0 Å². The van der Waals surface area contributed by atoms with E-state index in [1.807, 2.05) is 36.4 Å². The summed E-state index contributed by atoms with van der Waals surface area (Å²) in [7, 11) is 0. The first kappa shape index (κ1) is 18.9. The molecule has 3 aromatic heterocycles. The monoisotopic (exact) mass is 417 g/mol. The minimum Gasteiger partial charge on any atom is -0.454 e. The van der Waals surface area contributed by atoms with E-state index in [0.29, 0.717) is 29.3 Å². The van der Waals surface area contributed by atoms with Crippen LogP contribution in [0.5, 0.6) is 11.5 Å². The fraction of sp³-hybridized carbons (Fsp3) is 0.182. The molecule has 0 saturated carbocycles. The summed E-state index contributed by atoms with van der Waals surface area (Å²) in [5, 5.41) is 6.99. The Morgan fingerprint density at radius 2 is 2.03 bits per heavy atom. The maximum absolute atomic E-state index is 13.1. The Labute approximate surface area is 176 Å². The third kappa shape index (κ3) is 3.50. The van der Waals surface area contributed by atoms with Gasteiger partial charge in [-0.25, -0.2) is 9.50 Å². The van der Waals surface area contributed by atoms with Crippen LogP contribution < -0.4 is 20.3 Å². The summed E-state index contributed by atoms with van der Waals surface area (Å²) in [5.41, 5.74) is 2.71. The number of rotatable bonds is 5. The van der Waals surface area contributed by atoms with Crippen molar-refractivity contribution >= 4 is 11.6 Å². The molecule has 1 aliphatic rings. The van der Waals surface area contributed by atoms with E-state index in [2.05, 4.69) is 15.4 Å². The molecule has 0 bridgehead atoms. The number of pyridine rings is 2. The van der Waals surface area contributed by atoms with Crippen LogP contribution >= 0.6 is 0 Å². The quantitative estimate of drug-likeness (QED) is 0.533. The zero-order valence-electron chi connectivity index (χ0n) is 16.7. The van der Waals surface area contributed by atoms with Gasteiger partial charge < -0.3 is 19.4 Å². The van der Waals surface area contributed by atoms with Gasteiger partial charge in [-0.15, -0.1) is 0 Å². The Bertz CT molecular complexity index is 1360. The van der Waals surface area contributed by atoms with Gasteiger partial charge in [0.1, 0.15) is 11.9 Å². The molecular formula is C22H19N5O4. The van der Waals surface area contributed by atoms with Crippen LogP contribution in [0.15, 0.2) is 59.8 Å². The SMILES string of the molecule is Cc1ccn(Cc2ccc3c(c2)OCO3)c(=O)c1C(=O)NCc1cccc2ncnn12. The van der Waals surface area contributed by atoms with E-state index in [-0.39, 0.29) is 24.5 Å². The molecule has 0 radical (unpaired) electrons. The Morgan fingerprint density at radius 1 is 1.16 bits per heavy atom. The number of nitrogens with one attached hydrogen (secondary N) is 1. The third-order valence-corrected chi connectivity index (χ3v) is 5.20. The minimum absolute atomic E-state index is 0.119. The highest BCUT2D eigenvalue weighted by Crippen LogP contribution is 2.32. The molecule has 31 heavy (non-hydrogen) atoms. The fourth-order valence-corrected chi connectivity index (χ4v) is 3.60. The third-order valence-electron chi connectivity index (χ3n) is 5.20. The first-order valence-corrected chi connectivity index (χ1v) is 9.74. The summed E-state index contributed by atoms with van der Waals surface area (Å²) < 4.78 is 13.9. The van der Waals surface area contributed by atoms with Gasteiger partial charge in [-0.1, -0.05) is 12.1 Å². The molecule has 5 rings (SSSR count). The second kappa shape index (κ2) is 7.60. The molecule has 1 aromatic carbocycles. The number of carbonyl (C=O) groups excluding carboxylic acids is 1. The fourth-order valence-electron chi connectivity index (χ4n) is 3.60. The highest BCUT2D eigenvalue weighted by atomic mass is 16.7. The predicted molar refractivity (Wildman–Crippen MR) is 111 cm³/mol. The summed E-state index contributed by atoms with van der Waals surface area (Å²) >= 11 is 0. The molecule has 0 unspecified atom stereocenters. The van der Waals surface area contributed by atoms with Crippen molar-refractivity contribution in [2.24, 2.45) is 0 Å². The zero-order chi connectivity index (χ0) is 21.4. The van der Waals surface area contributed by atoms with Crippen molar-refractivity contribution in [3.63, 3.8) is 0 Å². The molecular weight excluding hydrogens is 398 g/mol. The molecule has 1 aliphatic heterocycles. The van der Waals surface area contributed by atoms with Gasteiger partial charge in [-0.05, 0) is 48.4 Å². The lowest BCUT2D eigenvalue weighted by Gasteiger charge is -2.12. The largest absolute Gasteiger partial charge is 0.454 e. The van der Waals surface area contributed by atoms with Gasteiger partial charge in [-0.2, -0.15) is 5.10 Å². The Morgan fingerprint density at radius 3 is 2.94 bits per heavy atom. The van der Waals surface area contributed by atoms with Crippen LogP contribution in [0.1, 0.15) is 27.2 Å². The number of aryl methyl sites for hydroxylation is 1. The Kier molecular flexibility index (Phi) is 4.62. The summed E-state index contributed by atoms with van der Waals surface area (Å²) in [6.07, 6.45) is 3.14. The number of amides is 1. The zero-order valence-corrected chi connectivity index (χ0v) is 16.7. The molecule has 0 saturated heterocycles. The van der Waals surface area contributed by atoms with Crippen molar-refractivity contribution in [3.8, 4) is 11.5 Å². The summed E-state index contributed by atoms with van der Waals surface area (Å²) in [5.74, 6) is 0.903. The molecule has 4 heterocycles. The van der Waals surface area contributed by atoms with Gasteiger partial charge in [0.15, 0.2) is 17.1 Å². The number of hydrogen-bond acceptors (Lipinski definition) is 6. The molecule has 1 N–H and O–H groups in total. The lowest BCUT2D eigenvalue weighted by Crippen LogP contribution is -2.34. The number of benzene rings is 1. The van der Waals surface area contributed by atoms with Gasteiger partial charge in [0.2, 0.25) is 6.79 Å². The van der Waals surface area contributed by atoms with Crippen LogP contribution in [-0.2, 0) is 13.1 Å². The first-order chi connectivity index (χ1) is 15.1. The second-order valence-corrected chi connectivity index (χ2v) is 7.22. The number of carbonyl (C=O) groups is 1. The first-order valence-electron chi connectivity index (χ1n) is 9.74. The van der Waals surface area contributed by atoms with Gasteiger partial charge in [0.25, 0.3) is 11.5 Å². The van der Waals surface area contributed by atoms with E-state index in [9.17, 15) is 9.59 Å². The number of ether oxygens (including phenoxy) is 2. The van der Waals surface area contributed by atoms with E-state index in [4.69, 9.17) is 9.47 Å². The molecule has 9 nitrogen and oxygen atoms in total. The van der Waals surface area contributed by atoms with Crippen molar-refractivity contribution in [3.05, 3.63) is 87.7 Å². The molecule has 0 fully saturated rings. The topological polar surface area (TPSA) is 99.8 Å². The van der Waals surface area contributed by atoms with Gasteiger partial charge in [0, 0.05) is 6.20 Å². The van der Waals surface area contributed by atoms with Crippen molar-refractivity contribution in [1.29, 1.82) is 0 Å². The van der Waals surface area contributed by atoms with Crippen LogP contribution in [-0.4, -0.2) is 31.9 Å². The lowest BCUT2D eigenvalue weighted by atomic mass is 10.1. The van der Waals surface area contributed by atoms with E-state index in [0.717, 1.165) is 11.3 Å². The average molecular weight is 417 g/mol. The molecule has 0 aliphatic carbocycles. The van der Waals surface area contributed by atoms with Crippen LogP contribution in [0.4, 0.5) is 0 Å². The molecule has 156 valence electrons. The normalized spacial score (nSPS) is 12.3. The number of nitrogens with zero attached hydrogens (tertiary/aromatic N) is 4. The van der Waals surface area contributed by atoms with E-state index < -0.39 is 5.91 Å². The van der Waals surface area contributed by atoms with Crippen LogP contribution in [0.25, 0.3) is 5.65 Å². The van der Waals surface area contributed by atoms with E-state index in [1.54, 1.807) is 23.7 Å². The number of aromatic nitrogens is 4. The van der Waals surface area contributed by atoms with Crippen molar-refractivity contribution < 1.29 is 14.3 Å². The van der Waals surface area contributed by atoms with Crippen molar-refractivity contribution in [1.82, 2.24) is 24.5 Å². The maximum Gasteiger partial charge on any atom is 0.263 e. The van der Waals surface area contributed by atoms with E-state index >= 15 is 0 Å². The van der Waals surface area contributed by atoms with Crippen LogP contribution in [0, 0.1) is 6.92 Å². The van der Waals surface area contributed by atoms with E-state index in [1.165, 1.54) is 10.9 Å². The molecule has 1 amide bonds. The van der Waals surface area contributed by atoms with Crippen molar-refractivity contribution in [2.75, 3.05) is 6.79 Å². The smallest absolute Gasteiger partial charge is 0.263 e.